The Bertz CT molecular complexity index is 402. The summed E-state index contributed by atoms with van der Waals surface area (Å²) in [6, 6.07) is 3.49. The first kappa shape index (κ1) is 28.0. The predicted octanol–water partition coefficient (Wildman–Crippen LogP) is 3.11. The van der Waals surface area contributed by atoms with E-state index in [4.69, 9.17) is 0 Å². The highest BCUT2D eigenvalue weighted by atomic mass is 35.5. The summed E-state index contributed by atoms with van der Waals surface area (Å²) in [4.78, 5) is 10.5. The zero-order valence-electron chi connectivity index (χ0n) is 17.2. The van der Waals surface area contributed by atoms with Crippen molar-refractivity contribution in [2.75, 3.05) is 54.4 Å². The minimum atomic E-state index is 0. The Balaban J connectivity index is 0.00000169. The van der Waals surface area contributed by atoms with E-state index >= 15 is 0 Å². The number of hydrogen-bond donors (Lipinski definition) is 0. The molecule has 2 heterocycles. The Morgan fingerprint density at radius 2 is 1.00 bits per heavy atom. The fourth-order valence-corrected chi connectivity index (χ4v) is 6.33. The van der Waals surface area contributed by atoms with E-state index in [-0.39, 0.29) is 49.6 Å². The quantitative estimate of drug-likeness (QED) is 0.597. The van der Waals surface area contributed by atoms with Gasteiger partial charge in [0, 0.05) is 37.3 Å². The van der Waals surface area contributed by atoms with E-state index in [2.05, 4.69) is 47.8 Å². The standard InChI is InChI=1S/C19H36N4.4ClH/c1-20(2)18-10-16-8-14(18)12-22(16)6-5-7-23-13-15-9-17(23)11-19(15)21(3)4;;;;/h14-19H,5-13H2,1-4H3;4*1H/t14-,15+,16-,17+,18-,19+;;;;. The van der Waals surface area contributed by atoms with Gasteiger partial charge in [-0.25, -0.2) is 0 Å². The molecule has 0 aromatic carbocycles. The fourth-order valence-electron chi connectivity index (χ4n) is 6.33. The SMILES string of the molecule is CN(C)[C@@H]1C[C@H]2C[C@@H]1CN2CCCN1C[C@@H]2C[C@H]1C[C@@H]2N(C)C.Cl.Cl.Cl.Cl. The van der Waals surface area contributed by atoms with Gasteiger partial charge in [-0.05, 0) is 85.2 Å². The number of rotatable bonds is 6. The lowest BCUT2D eigenvalue weighted by atomic mass is 10.0. The van der Waals surface area contributed by atoms with Gasteiger partial charge in [0.1, 0.15) is 0 Å². The molecule has 2 saturated heterocycles. The van der Waals surface area contributed by atoms with Crippen molar-refractivity contribution in [3.8, 4) is 0 Å². The molecule has 4 nitrogen and oxygen atoms in total. The van der Waals surface area contributed by atoms with E-state index < -0.39 is 0 Å². The van der Waals surface area contributed by atoms with Gasteiger partial charge in [-0.15, -0.1) is 49.6 Å². The first-order valence-electron chi connectivity index (χ1n) is 9.84. The number of fused-ring (bicyclic) bond motifs is 4. The summed E-state index contributed by atoms with van der Waals surface area (Å²) in [7, 11) is 9.05. The second-order valence-corrected chi connectivity index (χ2v) is 9.18. The molecule has 4 aliphatic rings. The van der Waals surface area contributed by atoms with Crippen LogP contribution in [0.4, 0.5) is 0 Å². The highest BCUT2D eigenvalue weighted by Crippen LogP contribution is 2.41. The number of hydrogen-bond acceptors (Lipinski definition) is 4. The molecule has 0 aromatic heterocycles. The van der Waals surface area contributed by atoms with E-state index in [1.165, 1.54) is 58.3 Å². The summed E-state index contributed by atoms with van der Waals surface area (Å²) in [5.74, 6) is 1.89. The number of halogens is 4. The van der Waals surface area contributed by atoms with Crippen molar-refractivity contribution in [3.05, 3.63) is 0 Å². The lowest BCUT2D eigenvalue weighted by Gasteiger charge is -2.36. The van der Waals surface area contributed by atoms with Crippen LogP contribution < -0.4 is 0 Å². The first-order chi connectivity index (χ1) is 11.0. The van der Waals surface area contributed by atoms with Gasteiger partial charge < -0.3 is 9.80 Å². The molecule has 8 heteroatoms. The van der Waals surface area contributed by atoms with Gasteiger partial charge in [-0.1, -0.05) is 0 Å². The average Bonchev–Trinajstić information content (AvgIpc) is 3.25. The van der Waals surface area contributed by atoms with E-state index in [0.29, 0.717) is 0 Å². The second kappa shape index (κ2) is 11.4. The van der Waals surface area contributed by atoms with Gasteiger partial charge in [0.05, 0.1) is 0 Å². The molecule has 2 aliphatic carbocycles. The maximum atomic E-state index is 2.81. The van der Waals surface area contributed by atoms with Gasteiger partial charge >= 0.3 is 0 Å². The van der Waals surface area contributed by atoms with Crippen LogP contribution in [0.15, 0.2) is 0 Å². The Labute approximate surface area is 191 Å². The molecule has 0 radical (unpaired) electrons. The smallest absolute Gasteiger partial charge is 0.0145 e. The highest BCUT2D eigenvalue weighted by molar-refractivity contribution is 5.86. The summed E-state index contributed by atoms with van der Waals surface area (Å²) in [5.41, 5.74) is 0. The van der Waals surface area contributed by atoms with Gasteiger partial charge in [0.2, 0.25) is 0 Å². The molecule has 164 valence electrons. The van der Waals surface area contributed by atoms with Crippen molar-refractivity contribution >= 4 is 49.6 Å². The second-order valence-electron chi connectivity index (χ2n) is 9.18. The third-order valence-electron chi connectivity index (χ3n) is 7.45. The highest BCUT2D eigenvalue weighted by Gasteiger charge is 2.46. The summed E-state index contributed by atoms with van der Waals surface area (Å²) in [6.07, 6.45) is 7.13. The topological polar surface area (TPSA) is 13.0 Å². The Morgan fingerprint density at radius 1 is 0.630 bits per heavy atom. The van der Waals surface area contributed by atoms with Gasteiger partial charge in [-0.2, -0.15) is 0 Å². The van der Waals surface area contributed by atoms with Crippen LogP contribution in [0.25, 0.3) is 0 Å². The van der Waals surface area contributed by atoms with E-state index in [0.717, 1.165) is 36.0 Å². The van der Waals surface area contributed by atoms with Crippen LogP contribution in [0.3, 0.4) is 0 Å². The monoisotopic (exact) mass is 464 g/mol. The van der Waals surface area contributed by atoms with Crippen LogP contribution in [0, 0.1) is 11.8 Å². The third-order valence-corrected chi connectivity index (χ3v) is 7.45. The summed E-state index contributed by atoms with van der Waals surface area (Å²) >= 11 is 0. The van der Waals surface area contributed by atoms with Gasteiger partial charge in [0.25, 0.3) is 0 Å². The average molecular weight is 466 g/mol. The molecule has 4 fully saturated rings. The molecular formula is C19H40Cl4N4. The van der Waals surface area contributed by atoms with E-state index in [1.807, 2.05) is 0 Å². The molecule has 2 aliphatic heterocycles. The lowest BCUT2D eigenvalue weighted by Crippen LogP contribution is -2.45. The fraction of sp³-hybridized carbons (Fsp3) is 1.00. The lowest BCUT2D eigenvalue weighted by molar-refractivity contribution is 0.115. The zero-order valence-corrected chi connectivity index (χ0v) is 20.5. The molecule has 4 bridgehead atoms. The molecule has 0 amide bonds. The normalized spacial score (nSPS) is 37.1. The summed E-state index contributed by atoms with van der Waals surface area (Å²) < 4.78 is 0. The van der Waals surface area contributed by atoms with Crippen LogP contribution >= 0.6 is 49.6 Å². The number of nitrogens with zero attached hydrogens (tertiary/aromatic N) is 4. The van der Waals surface area contributed by atoms with Crippen molar-refractivity contribution < 1.29 is 0 Å². The summed E-state index contributed by atoms with van der Waals surface area (Å²) in [5, 5.41) is 0. The molecule has 6 atom stereocenters. The Morgan fingerprint density at radius 3 is 1.26 bits per heavy atom. The molecule has 27 heavy (non-hydrogen) atoms. The van der Waals surface area contributed by atoms with Crippen molar-refractivity contribution in [3.63, 3.8) is 0 Å². The largest absolute Gasteiger partial charge is 0.306 e. The molecule has 0 aromatic rings. The Kier molecular flexibility index (Phi) is 11.8. The van der Waals surface area contributed by atoms with E-state index in [9.17, 15) is 0 Å². The minimum Gasteiger partial charge on any atom is -0.306 e. The van der Waals surface area contributed by atoms with Crippen LogP contribution in [-0.2, 0) is 0 Å². The van der Waals surface area contributed by atoms with Crippen LogP contribution in [-0.4, -0.2) is 98.1 Å². The molecular weight excluding hydrogens is 426 g/mol. The van der Waals surface area contributed by atoms with Crippen molar-refractivity contribution in [1.29, 1.82) is 0 Å². The maximum Gasteiger partial charge on any atom is 0.0145 e. The minimum absolute atomic E-state index is 0. The zero-order chi connectivity index (χ0) is 16.1. The van der Waals surface area contributed by atoms with Crippen LogP contribution in [0.2, 0.25) is 0 Å². The van der Waals surface area contributed by atoms with Crippen molar-refractivity contribution in [2.45, 2.75) is 56.3 Å². The predicted molar refractivity (Wildman–Crippen MR) is 125 cm³/mol. The van der Waals surface area contributed by atoms with Gasteiger partial charge in [0.15, 0.2) is 0 Å². The van der Waals surface area contributed by atoms with E-state index in [1.54, 1.807) is 0 Å². The molecule has 0 N–H and O–H groups in total. The van der Waals surface area contributed by atoms with Crippen LogP contribution in [0.1, 0.15) is 32.1 Å². The molecule has 0 spiro atoms. The Hall–Kier alpha value is 1.00. The van der Waals surface area contributed by atoms with Crippen molar-refractivity contribution in [2.24, 2.45) is 11.8 Å². The number of likely N-dealkylation sites (tertiary alicyclic amines) is 2. The number of piperidine rings is 2. The van der Waals surface area contributed by atoms with Crippen LogP contribution in [0.5, 0.6) is 0 Å². The summed E-state index contributed by atoms with van der Waals surface area (Å²) in [6.45, 7) is 5.41. The molecule has 0 unspecified atom stereocenters. The van der Waals surface area contributed by atoms with Gasteiger partial charge in [-0.3, -0.25) is 9.80 Å². The maximum absolute atomic E-state index is 2.81. The third kappa shape index (κ3) is 5.58. The first-order valence-corrected chi connectivity index (χ1v) is 9.84. The molecule has 4 rings (SSSR count). The molecule has 2 saturated carbocycles. The van der Waals surface area contributed by atoms with Crippen molar-refractivity contribution in [1.82, 2.24) is 19.6 Å².